The maximum atomic E-state index is 12.7. The topological polar surface area (TPSA) is 51.9 Å². The van der Waals surface area contributed by atoms with Crippen molar-refractivity contribution >= 4 is 5.91 Å². The van der Waals surface area contributed by atoms with Crippen LogP contribution in [0.1, 0.15) is 23.3 Å². The number of hydrogen-bond acceptors (Lipinski definition) is 4. The van der Waals surface area contributed by atoms with E-state index in [0.29, 0.717) is 26.1 Å². The molecule has 1 aromatic heterocycles. The number of methoxy groups -OCH3 is 1. The number of rotatable bonds is 7. The fourth-order valence-electron chi connectivity index (χ4n) is 2.89. The monoisotopic (exact) mass is 329 g/mol. The van der Waals surface area contributed by atoms with E-state index in [1.165, 1.54) is 5.56 Å². The molecule has 0 saturated heterocycles. The first-order valence-electron chi connectivity index (χ1n) is 8.30. The van der Waals surface area contributed by atoms with Crippen molar-refractivity contribution in [1.29, 1.82) is 0 Å². The highest BCUT2D eigenvalue weighted by atomic mass is 16.5. The van der Waals surface area contributed by atoms with Gasteiger partial charge in [-0.3, -0.25) is 4.79 Å². The Labute approximate surface area is 142 Å². The van der Waals surface area contributed by atoms with Gasteiger partial charge in [0.1, 0.15) is 11.5 Å². The van der Waals surface area contributed by atoms with E-state index in [1.807, 2.05) is 24.3 Å². The van der Waals surface area contributed by atoms with Crippen molar-refractivity contribution < 1.29 is 18.7 Å². The van der Waals surface area contributed by atoms with Crippen molar-refractivity contribution in [3.8, 4) is 5.75 Å². The van der Waals surface area contributed by atoms with Crippen molar-refractivity contribution in [2.24, 2.45) is 0 Å². The summed E-state index contributed by atoms with van der Waals surface area (Å²) in [6, 6.07) is 9.75. The maximum absolute atomic E-state index is 12.7. The van der Waals surface area contributed by atoms with Crippen molar-refractivity contribution in [3.05, 3.63) is 53.5 Å². The predicted octanol–water partition coefficient (Wildman–Crippen LogP) is 2.82. The fraction of sp³-hybridized carbons (Fsp3) is 0.421. The van der Waals surface area contributed by atoms with Gasteiger partial charge in [0.25, 0.3) is 0 Å². The first kappa shape index (κ1) is 16.6. The summed E-state index contributed by atoms with van der Waals surface area (Å²) in [7, 11) is 1.64. The molecule has 1 amide bonds. The van der Waals surface area contributed by atoms with Crippen molar-refractivity contribution in [1.82, 2.24) is 4.90 Å². The van der Waals surface area contributed by atoms with Crippen LogP contribution in [0.4, 0.5) is 0 Å². The minimum Gasteiger partial charge on any atom is -0.493 e. The minimum atomic E-state index is 0.0696. The van der Waals surface area contributed by atoms with Gasteiger partial charge < -0.3 is 18.8 Å². The molecule has 2 aromatic rings. The van der Waals surface area contributed by atoms with Gasteiger partial charge >= 0.3 is 0 Å². The Morgan fingerprint density at radius 3 is 3.04 bits per heavy atom. The number of nitrogens with zero attached hydrogens (tertiary/aromatic N) is 1. The molecule has 0 radical (unpaired) electrons. The van der Waals surface area contributed by atoms with Gasteiger partial charge in [0.15, 0.2) is 0 Å². The van der Waals surface area contributed by atoms with E-state index < -0.39 is 0 Å². The summed E-state index contributed by atoms with van der Waals surface area (Å²) in [6.07, 6.45) is 4.04. The summed E-state index contributed by atoms with van der Waals surface area (Å²) in [4.78, 5) is 14.5. The number of ether oxygens (including phenoxy) is 2. The van der Waals surface area contributed by atoms with E-state index in [0.717, 1.165) is 36.5 Å². The fourth-order valence-corrected chi connectivity index (χ4v) is 2.89. The van der Waals surface area contributed by atoms with Crippen LogP contribution in [0.15, 0.2) is 41.0 Å². The molecule has 1 aliphatic heterocycles. The number of aryl methyl sites for hydroxylation is 1. The van der Waals surface area contributed by atoms with Gasteiger partial charge in [-0.25, -0.2) is 0 Å². The quantitative estimate of drug-likeness (QED) is 0.784. The average molecular weight is 329 g/mol. The summed E-state index contributed by atoms with van der Waals surface area (Å²) in [5.74, 6) is 1.79. The molecule has 5 heteroatoms. The van der Waals surface area contributed by atoms with Crippen LogP contribution in [-0.2, 0) is 28.9 Å². The lowest BCUT2D eigenvalue weighted by atomic mass is 10.0. The second-order valence-corrected chi connectivity index (χ2v) is 5.96. The molecular formula is C19H23NO4. The Hall–Kier alpha value is -2.27. The first-order valence-corrected chi connectivity index (χ1v) is 8.30. The molecule has 0 fully saturated rings. The summed E-state index contributed by atoms with van der Waals surface area (Å²) >= 11 is 0. The van der Waals surface area contributed by atoms with E-state index in [9.17, 15) is 4.79 Å². The molecular weight excluding hydrogens is 306 g/mol. The zero-order valence-electron chi connectivity index (χ0n) is 14.0. The number of benzene rings is 1. The SMILES string of the molecule is COCCN(Cc1ccco1)C(=O)Cc1ccc2c(c1)CCCO2. The molecule has 5 nitrogen and oxygen atoms in total. The molecule has 24 heavy (non-hydrogen) atoms. The van der Waals surface area contributed by atoms with Crippen molar-refractivity contribution in [2.75, 3.05) is 26.9 Å². The molecule has 0 spiro atoms. The van der Waals surface area contributed by atoms with Crippen LogP contribution in [0.2, 0.25) is 0 Å². The van der Waals surface area contributed by atoms with Crippen LogP contribution in [0, 0.1) is 0 Å². The molecule has 128 valence electrons. The first-order chi connectivity index (χ1) is 11.8. The maximum Gasteiger partial charge on any atom is 0.227 e. The Morgan fingerprint density at radius 2 is 2.25 bits per heavy atom. The van der Waals surface area contributed by atoms with E-state index in [2.05, 4.69) is 6.07 Å². The van der Waals surface area contributed by atoms with Crippen LogP contribution >= 0.6 is 0 Å². The number of hydrogen-bond donors (Lipinski definition) is 0. The molecule has 0 unspecified atom stereocenters. The van der Waals surface area contributed by atoms with Gasteiger partial charge in [-0.05, 0) is 42.2 Å². The predicted molar refractivity (Wildman–Crippen MR) is 90.0 cm³/mol. The van der Waals surface area contributed by atoms with Crippen molar-refractivity contribution in [3.63, 3.8) is 0 Å². The van der Waals surface area contributed by atoms with E-state index in [1.54, 1.807) is 18.3 Å². The molecule has 0 atom stereocenters. The lowest BCUT2D eigenvalue weighted by molar-refractivity contribution is -0.132. The zero-order valence-corrected chi connectivity index (χ0v) is 14.0. The highest BCUT2D eigenvalue weighted by Crippen LogP contribution is 2.26. The largest absolute Gasteiger partial charge is 0.493 e. The van der Waals surface area contributed by atoms with Gasteiger partial charge in [0, 0.05) is 13.7 Å². The summed E-state index contributed by atoms with van der Waals surface area (Å²) in [6.45, 7) is 2.29. The summed E-state index contributed by atoms with van der Waals surface area (Å²) in [5, 5.41) is 0. The van der Waals surface area contributed by atoms with Gasteiger partial charge in [-0.2, -0.15) is 0 Å². The molecule has 1 aromatic carbocycles. The second-order valence-electron chi connectivity index (χ2n) is 5.96. The molecule has 0 bridgehead atoms. The van der Waals surface area contributed by atoms with Gasteiger partial charge in [-0.1, -0.05) is 12.1 Å². The van der Waals surface area contributed by atoms with Crippen LogP contribution in [0.3, 0.4) is 0 Å². The van der Waals surface area contributed by atoms with Crippen molar-refractivity contribution in [2.45, 2.75) is 25.8 Å². The smallest absolute Gasteiger partial charge is 0.227 e. The van der Waals surface area contributed by atoms with E-state index in [-0.39, 0.29) is 5.91 Å². The third kappa shape index (κ3) is 4.17. The second kappa shape index (κ2) is 8.02. The minimum absolute atomic E-state index is 0.0696. The van der Waals surface area contributed by atoms with E-state index >= 15 is 0 Å². The number of fused-ring (bicyclic) bond motifs is 1. The highest BCUT2D eigenvalue weighted by Gasteiger charge is 2.17. The molecule has 0 N–H and O–H groups in total. The standard InChI is InChI=1S/C19H23NO4/c1-22-11-8-20(14-17-5-3-9-23-17)19(21)13-15-6-7-18-16(12-15)4-2-10-24-18/h3,5-7,9,12H,2,4,8,10-11,13-14H2,1H3. The number of amides is 1. The molecule has 0 aliphatic carbocycles. The highest BCUT2D eigenvalue weighted by molar-refractivity contribution is 5.79. The average Bonchev–Trinajstić information content (AvgIpc) is 3.11. The number of carbonyl (C=O) groups is 1. The Balaban J connectivity index is 1.67. The number of carbonyl (C=O) groups excluding carboxylic acids is 1. The summed E-state index contributed by atoms with van der Waals surface area (Å²) < 4.78 is 16.1. The van der Waals surface area contributed by atoms with Gasteiger partial charge in [-0.15, -0.1) is 0 Å². The lowest BCUT2D eigenvalue weighted by Crippen LogP contribution is -2.34. The Morgan fingerprint density at radius 1 is 1.33 bits per heavy atom. The Kier molecular flexibility index (Phi) is 5.54. The number of furan rings is 1. The van der Waals surface area contributed by atoms with Crippen LogP contribution in [0.5, 0.6) is 5.75 Å². The van der Waals surface area contributed by atoms with Gasteiger partial charge in [0.05, 0.1) is 32.4 Å². The van der Waals surface area contributed by atoms with Gasteiger partial charge in [0.2, 0.25) is 5.91 Å². The third-order valence-corrected chi connectivity index (χ3v) is 4.17. The Bertz CT molecular complexity index is 666. The van der Waals surface area contributed by atoms with Crippen LogP contribution in [-0.4, -0.2) is 37.7 Å². The third-order valence-electron chi connectivity index (χ3n) is 4.17. The van der Waals surface area contributed by atoms with Crippen LogP contribution < -0.4 is 4.74 Å². The molecule has 1 aliphatic rings. The molecule has 3 rings (SSSR count). The van der Waals surface area contributed by atoms with E-state index in [4.69, 9.17) is 13.9 Å². The molecule has 0 saturated carbocycles. The zero-order chi connectivity index (χ0) is 16.8. The molecule has 2 heterocycles. The van der Waals surface area contributed by atoms with Crippen LogP contribution in [0.25, 0.3) is 0 Å². The lowest BCUT2D eigenvalue weighted by Gasteiger charge is -2.22. The summed E-state index contributed by atoms with van der Waals surface area (Å²) in [5.41, 5.74) is 2.21. The normalized spacial score (nSPS) is 13.2.